The fraction of sp³-hybridized carbons (Fsp3) is 0.200. The van der Waals surface area contributed by atoms with Crippen LogP contribution in [0.1, 0.15) is 12.0 Å². The molecule has 5 heteroatoms. The van der Waals surface area contributed by atoms with Gasteiger partial charge in [0.2, 0.25) is 0 Å². The number of H-pyrrole nitrogens is 1. The zero-order chi connectivity index (χ0) is 10.7. The molecular formula is C10H9BrClN3. The predicted molar refractivity (Wildman–Crippen MR) is 66.3 cm³/mol. The van der Waals surface area contributed by atoms with Crippen LogP contribution < -0.4 is 0 Å². The highest BCUT2D eigenvalue weighted by atomic mass is 79.9. The van der Waals surface area contributed by atoms with Gasteiger partial charge in [0.25, 0.3) is 0 Å². The summed E-state index contributed by atoms with van der Waals surface area (Å²) in [4.78, 5) is 11.2. The quantitative estimate of drug-likeness (QED) is 0.694. The van der Waals surface area contributed by atoms with Crippen molar-refractivity contribution in [1.82, 2.24) is 15.0 Å². The van der Waals surface area contributed by atoms with Crippen LogP contribution in [0.5, 0.6) is 0 Å². The number of hydrogen-bond donors (Lipinski definition) is 1. The van der Waals surface area contributed by atoms with E-state index < -0.39 is 0 Å². The third-order valence-electron chi connectivity index (χ3n) is 2.02. The summed E-state index contributed by atoms with van der Waals surface area (Å²) >= 11 is 9.29. The Balaban J connectivity index is 2.41. The average molecular weight is 287 g/mol. The highest BCUT2D eigenvalue weighted by Gasteiger charge is 2.05. The fourth-order valence-corrected chi connectivity index (χ4v) is 1.78. The molecule has 0 radical (unpaired) electrons. The van der Waals surface area contributed by atoms with Gasteiger partial charge in [-0.15, -0.1) is 0 Å². The van der Waals surface area contributed by atoms with Crippen molar-refractivity contribution in [2.75, 3.05) is 5.33 Å². The van der Waals surface area contributed by atoms with Crippen molar-refractivity contribution in [3.05, 3.63) is 29.3 Å². The Hall–Kier alpha value is -0.870. The number of rotatable bonds is 3. The molecule has 15 heavy (non-hydrogen) atoms. The van der Waals surface area contributed by atoms with Gasteiger partial charge in [-0.2, -0.15) is 0 Å². The maximum absolute atomic E-state index is 5.92. The molecule has 0 aliphatic heterocycles. The standard InChI is InChI=1S/C10H9BrClN3/c11-4-2-1-3-7-5-13-9-8(7)14-6-15-10(9)12/h1,3,5-6,13H,2,4H2. The Morgan fingerprint density at radius 3 is 3.13 bits per heavy atom. The summed E-state index contributed by atoms with van der Waals surface area (Å²) in [6.45, 7) is 0. The Morgan fingerprint density at radius 1 is 1.47 bits per heavy atom. The lowest BCUT2D eigenvalue weighted by Crippen LogP contribution is -1.81. The number of nitrogens with one attached hydrogen (secondary N) is 1. The van der Waals surface area contributed by atoms with Crippen molar-refractivity contribution in [2.24, 2.45) is 0 Å². The van der Waals surface area contributed by atoms with E-state index in [-0.39, 0.29) is 0 Å². The van der Waals surface area contributed by atoms with Gasteiger partial charge in [-0.25, -0.2) is 9.97 Å². The lowest BCUT2D eigenvalue weighted by Gasteiger charge is -1.92. The lowest BCUT2D eigenvalue weighted by molar-refractivity contribution is 1.22. The van der Waals surface area contributed by atoms with E-state index in [0.717, 1.165) is 28.3 Å². The molecule has 0 amide bonds. The smallest absolute Gasteiger partial charge is 0.156 e. The molecule has 2 rings (SSSR count). The van der Waals surface area contributed by atoms with E-state index in [1.807, 2.05) is 12.3 Å². The second-order valence-electron chi connectivity index (χ2n) is 3.01. The molecule has 0 bridgehead atoms. The molecule has 2 aromatic heterocycles. The van der Waals surface area contributed by atoms with Crippen molar-refractivity contribution >= 4 is 44.6 Å². The Labute approximate surface area is 101 Å². The van der Waals surface area contributed by atoms with Gasteiger partial charge in [0.1, 0.15) is 17.4 Å². The van der Waals surface area contributed by atoms with Crippen LogP contribution in [0.25, 0.3) is 17.1 Å². The molecule has 0 aromatic carbocycles. The molecule has 2 aromatic rings. The van der Waals surface area contributed by atoms with Crippen LogP contribution in [-0.2, 0) is 0 Å². The van der Waals surface area contributed by atoms with E-state index in [0.29, 0.717) is 5.15 Å². The maximum atomic E-state index is 5.92. The maximum Gasteiger partial charge on any atom is 0.156 e. The zero-order valence-electron chi connectivity index (χ0n) is 7.87. The van der Waals surface area contributed by atoms with Gasteiger partial charge in [0.05, 0.1) is 0 Å². The number of hydrogen-bond acceptors (Lipinski definition) is 2. The normalized spacial score (nSPS) is 11.6. The van der Waals surface area contributed by atoms with E-state index in [9.17, 15) is 0 Å². The second-order valence-corrected chi connectivity index (χ2v) is 4.16. The molecule has 0 atom stereocenters. The van der Waals surface area contributed by atoms with Gasteiger partial charge in [-0.1, -0.05) is 39.7 Å². The SMILES string of the molecule is Clc1ncnc2c(C=CCCBr)c[nH]c12. The fourth-order valence-electron chi connectivity index (χ4n) is 1.33. The van der Waals surface area contributed by atoms with Gasteiger partial charge in [-0.05, 0) is 6.42 Å². The van der Waals surface area contributed by atoms with Gasteiger partial charge in [0, 0.05) is 17.1 Å². The first-order chi connectivity index (χ1) is 7.33. The molecular weight excluding hydrogens is 277 g/mol. The molecule has 1 N–H and O–H groups in total. The molecule has 2 heterocycles. The van der Waals surface area contributed by atoms with Crippen LogP contribution in [0, 0.1) is 0 Å². The van der Waals surface area contributed by atoms with E-state index in [1.165, 1.54) is 6.33 Å². The van der Waals surface area contributed by atoms with Crippen LogP contribution in [0.4, 0.5) is 0 Å². The van der Waals surface area contributed by atoms with Crippen LogP contribution in [0.3, 0.4) is 0 Å². The number of fused-ring (bicyclic) bond motifs is 1. The van der Waals surface area contributed by atoms with Crippen molar-refractivity contribution in [3.63, 3.8) is 0 Å². The number of halogens is 2. The first-order valence-electron chi connectivity index (χ1n) is 4.53. The van der Waals surface area contributed by atoms with E-state index in [2.05, 4.69) is 37.0 Å². The van der Waals surface area contributed by atoms with Crippen LogP contribution in [-0.4, -0.2) is 20.3 Å². The molecule has 0 saturated heterocycles. The zero-order valence-corrected chi connectivity index (χ0v) is 10.2. The van der Waals surface area contributed by atoms with Gasteiger partial charge >= 0.3 is 0 Å². The number of nitrogens with zero attached hydrogens (tertiary/aromatic N) is 2. The Bertz CT molecular complexity index is 492. The van der Waals surface area contributed by atoms with E-state index in [1.54, 1.807) is 0 Å². The minimum absolute atomic E-state index is 0.458. The van der Waals surface area contributed by atoms with Crippen molar-refractivity contribution in [1.29, 1.82) is 0 Å². The van der Waals surface area contributed by atoms with E-state index >= 15 is 0 Å². The molecule has 0 aliphatic rings. The molecule has 78 valence electrons. The number of aromatic nitrogens is 3. The molecule has 0 unspecified atom stereocenters. The monoisotopic (exact) mass is 285 g/mol. The predicted octanol–water partition coefficient (Wildman–Crippen LogP) is 3.41. The highest BCUT2D eigenvalue weighted by molar-refractivity contribution is 9.09. The average Bonchev–Trinajstić information content (AvgIpc) is 2.64. The Kier molecular flexibility index (Phi) is 3.38. The van der Waals surface area contributed by atoms with Gasteiger partial charge in [0.15, 0.2) is 5.15 Å². The Morgan fingerprint density at radius 2 is 2.33 bits per heavy atom. The summed E-state index contributed by atoms with van der Waals surface area (Å²) < 4.78 is 0. The highest BCUT2D eigenvalue weighted by Crippen LogP contribution is 2.21. The first-order valence-corrected chi connectivity index (χ1v) is 6.03. The van der Waals surface area contributed by atoms with Gasteiger partial charge in [-0.3, -0.25) is 0 Å². The van der Waals surface area contributed by atoms with Gasteiger partial charge < -0.3 is 4.98 Å². The third-order valence-corrected chi connectivity index (χ3v) is 2.76. The summed E-state index contributed by atoms with van der Waals surface area (Å²) in [6, 6.07) is 0. The largest absolute Gasteiger partial charge is 0.357 e. The minimum Gasteiger partial charge on any atom is -0.357 e. The summed E-state index contributed by atoms with van der Waals surface area (Å²) in [6.07, 6.45) is 8.47. The summed E-state index contributed by atoms with van der Waals surface area (Å²) in [5, 5.41) is 1.42. The third kappa shape index (κ3) is 2.21. The second kappa shape index (κ2) is 4.77. The number of alkyl halides is 1. The number of aromatic amines is 1. The van der Waals surface area contributed by atoms with Crippen LogP contribution in [0.15, 0.2) is 18.6 Å². The van der Waals surface area contributed by atoms with Crippen molar-refractivity contribution in [2.45, 2.75) is 6.42 Å². The molecule has 0 fully saturated rings. The molecule has 0 spiro atoms. The lowest BCUT2D eigenvalue weighted by atomic mass is 10.2. The van der Waals surface area contributed by atoms with Crippen LogP contribution >= 0.6 is 27.5 Å². The van der Waals surface area contributed by atoms with Crippen LogP contribution in [0.2, 0.25) is 5.15 Å². The van der Waals surface area contributed by atoms with E-state index in [4.69, 9.17) is 11.6 Å². The number of allylic oxidation sites excluding steroid dienone is 1. The molecule has 0 aliphatic carbocycles. The summed E-state index contributed by atoms with van der Waals surface area (Å²) in [5.41, 5.74) is 2.69. The van der Waals surface area contributed by atoms with Crippen molar-refractivity contribution < 1.29 is 0 Å². The summed E-state index contributed by atoms with van der Waals surface area (Å²) in [5.74, 6) is 0. The first kappa shape index (κ1) is 10.6. The van der Waals surface area contributed by atoms with Crippen molar-refractivity contribution in [3.8, 4) is 0 Å². The molecule has 3 nitrogen and oxygen atoms in total. The summed E-state index contributed by atoms with van der Waals surface area (Å²) in [7, 11) is 0. The molecule has 0 saturated carbocycles. The minimum atomic E-state index is 0.458. The topological polar surface area (TPSA) is 41.6 Å².